The lowest BCUT2D eigenvalue weighted by molar-refractivity contribution is -0.119. The molecule has 1 atom stereocenters. The summed E-state index contributed by atoms with van der Waals surface area (Å²) in [5.41, 5.74) is 6.01. The second-order valence-electron chi connectivity index (χ2n) is 8.90. The highest BCUT2D eigenvalue weighted by molar-refractivity contribution is 7.91. The van der Waals surface area contributed by atoms with E-state index in [0.29, 0.717) is 10.6 Å². The van der Waals surface area contributed by atoms with Crippen molar-refractivity contribution in [2.45, 2.75) is 43.7 Å². The molecular weight excluding hydrogens is 471 g/mol. The van der Waals surface area contributed by atoms with Gasteiger partial charge in [0, 0.05) is 10.4 Å². The number of carbonyl (C=O) groups is 1. The van der Waals surface area contributed by atoms with Crippen LogP contribution in [0.2, 0.25) is 5.02 Å². The van der Waals surface area contributed by atoms with Crippen molar-refractivity contribution < 1.29 is 22.0 Å². The van der Waals surface area contributed by atoms with Gasteiger partial charge in [0.1, 0.15) is 5.82 Å². The summed E-state index contributed by atoms with van der Waals surface area (Å²) in [6.07, 6.45) is 0. The van der Waals surface area contributed by atoms with Gasteiger partial charge in [-0.25, -0.2) is 12.8 Å². The minimum absolute atomic E-state index is 0.00481. The van der Waals surface area contributed by atoms with Crippen LogP contribution in [0.1, 0.15) is 32.2 Å². The van der Waals surface area contributed by atoms with E-state index < -0.39 is 38.8 Å². The molecule has 0 unspecified atom stereocenters. The number of hydrogen-bond donors (Lipinski definition) is 1. The highest BCUT2D eigenvalue weighted by atomic mass is 35.5. The van der Waals surface area contributed by atoms with Crippen LogP contribution in [0, 0.1) is 5.82 Å². The fourth-order valence-corrected chi connectivity index (χ4v) is 5.15. The monoisotopic (exact) mass is 492 g/mol. The molecule has 1 amide bonds. The third-order valence-corrected chi connectivity index (χ3v) is 7.25. The molecular formula is C22H22ClFN4O4S. The minimum atomic E-state index is -4.05. The molecule has 0 bridgehead atoms. The molecule has 8 nitrogen and oxygen atoms in total. The average Bonchev–Trinajstić information content (AvgIpc) is 3.21. The second kappa shape index (κ2) is 8.19. The Morgan fingerprint density at radius 1 is 1.21 bits per heavy atom. The Kier molecular flexibility index (Phi) is 5.80. The maximum absolute atomic E-state index is 15.1. The molecule has 0 saturated heterocycles. The maximum Gasteiger partial charge on any atom is 0.250 e. The van der Waals surface area contributed by atoms with E-state index in [1.165, 1.54) is 11.0 Å². The van der Waals surface area contributed by atoms with Crippen molar-refractivity contribution in [1.82, 2.24) is 10.2 Å². The molecule has 1 aliphatic heterocycles. The number of sulfone groups is 1. The minimum Gasteiger partial charge on any atom is -0.420 e. The molecule has 2 aromatic carbocycles. The number of carbonyl (C=O) groups excluding carboxylic acids is 1. The number of amides is 1. The first-order chi connectivity index (χ1) is 15.4. The van der Waals surface area contributed by atoms with Crippen LogP contribution >= 0.6 is 11.6 Å². The number of anilines is 1. The van der Waals surface area contributed by atoms with Crippen LogP contribution in [0.25, 0.3) is 11.5 Å². The molecule has 0 aliphatic carbocycles. The topological polar surface area (TPSA) is 119 Å². The fourth-order valence-electron chi connectivity index (χ4n) is 3.45. The molecule has 0 spiro atoms. The van der Waals surface area contributed by atoms with Gasteiger partial charge in [0.15, 0.2) is 9.84 Å². The number of fused-ring (bicyclic) bond motifs is 1. The summed E-state index contributed by atoms with van der Waals surface area (Å²) in [5, 5.41) is 8.41. The molecule has 2 N–H and O–H groups in total. The van der Waals surface area contributed by atoms with Crippen molar-refractivity contribution in [3.05, 3.63) is 58.7 Å². The zero-order chi connectivity index (χ0) is 24.1. The van der Waals surface area contributed by atoms with Crippen molar-refractivity contribution in [3.63, 3.8) is 0 Å². The van der Waals surface area contributed by atoms with Gasteiger partial charge in [0.05, 0.1) is 34.5 Å². The zero-order valence-corrected chi connectivity index (χ0v) is 19.7. The summed E-state index contributed by atoms with van der Waals surface area (Å²) in [7, 11) is -4.05. The Morgan fingerprint density at radius 2 is 1.88 bits per heavy atom. The average molecular weight is 493 g/mol. The Bertz CT molecular complexity index is 1330. The molecule has 11 heteroatoms. The summed E-state index contributed by atoms with van der Waals surface area (Å²) in [4.78, 5) is 14.0. The quantitative estimate of drug-likeness (QED) is 0.594. The normalized spacial score (nSPS) is 18.2. The van der Waals surface area contributed by atoms with Gasteiger partial charge in [-0.2, -0.15) is 0 Å². The highest BCUT2D eigenvalue weighted by Gasteiger charge is 2.37. The predicted octanol–water partition coefficient (Wildman–Crippen LogP) is 3.47. The molecule has 1 aliphatic rings. The van der Waals surface area contributed by atoms with Crippen LogP contribution in [0.3, 0.4) is 0 Å². The summed E-state index contributed by atoms with van der Waals surface area (Å²) < 4.78 is 46.6. The number of hydrogen-bond acceptors (Lipinski definition) is 7. The first-order valence-electron chi connectivity index (χ1n) is 10.1. The van der Waals surface area contributed by atoms with Crippen molar-refractivity contribution in [3.8, 4) is 11.5 Å². The fraction of sp³-hybridized carbons (Fsp3) is 0.318. The van der Waals surface area contributed by atoms with Crippen molar-refractivity contribution in [2.24, 2.45) is 5.73 Å². The van der Waals surface area contributed by atoms with Gasteiger partial charge >= 0.3 is 0 Å². The van der Waals surface area contributed by atoms with Gasteiger partial charge in [0.25, 0.3) is 5.89 Å². The number of aromatic nitrogens is 2. The van der Waals surface area contributed by atoms with E-state index >= 15 is 4.39 Å². The molecule has 4 rings (SSSR count). The van der Waals surface area contributed by atoms with Crippen LogP contribution in [0.15, 0.2) is 45.7 Å². The number of nitrogens with two attached hydrogens (primary N) is 1. The number of nitrogens with zero attached hydrogens (tertiary/aromatic N) is 3. The van der Waals surface area contributed by atoms with Gasteiger partial charge in [-0.05, 0) is 29.8 Å². The SMILES string of the molecule is CC(C)(C)c1nnc(-c2cc3c(cc2F)S(=O)(=O)C[C@H](N)C(=O)N3Cc2ccc(Cl)cc2)o1. The van der Waals surface area contributed by atoms with Crippen molar-refractivity contribution in [2.75, 3.05) is 10.7 Å². The molecule has 33 heavy (non-hydrogen) atoms. The Balaban J connectivity index is 1.89. The van der Waals surface area contributed by atoms with E-state index in [-0.39, 0.29) is 34.5 Å². The third-order valence-electron chi connectivity index (χ3n) is 5.21. The van der Waals surface area contributed by atoms with Crippen LogP contribution in [-0.4, -0.2) is 36.3 Å². The summed E-state index contributed by atoms with van der Waals surface area (Å²) >= 11 is 5.95. The molecule has 2 heterocycles. The van der Waals surface area contributed by atoms with E-state index in [1.807, 2.05) is 20.8 Å². The second-order valence-corrected chi connectivity index (χ2v) is 11.3. The van der Waals surface area contributed by atoms with Gasteiger partial charge in [-0.1, -0.05) is 44.5 Å². The van der Waals surface area contributed by atoms with Crippen molar-refractivity contribution in [1.29, 1.82) is 0 Å². The standard InChI is InChI=1S/C22H22ClFN4O4S/c1-22(2,3)21-27-26-19(32-21)14-8-17-18(9-15(14)24)33(30,31)11-16(25)20(29)28(17)10-12-4-6-13(23)7-5-12/h4-9,16H,10-11,25H2,1-3H3/t16-/m0/s1. The lowest BCUT2D eigenvalue weighted by Crippen LogP contribution is -2.45. The molecule has 1 aromatic heterocycles. The lowest BCUT2D eigenvalue weighted by Gasteiger charge is -2.24. The zero-order valence-electron chi connectivity index (χ0n) is 18.2. The van der Waals surface area contributed by atoms with Gasteiger partial charge in [0.2, 0.25) is 11.8 Å². The van der Waals surface area contributed by atoms with Crippen molar-refractivity contribution >= 4 is 33.0 Å². The molecule has 0 radical (unpaired) electrons. The van der Waals surface area contributed by atoms with Gasteiger partial charge in [-0.3, -0.25) is 4.79 Å². The summed E-state index contributed by atoms with van der Waals surface area (Å²) in [6.45, 7) is 5.59. The van der Waals surface area contributed by atoms with Gasteiger partial charge < -0.3 is 15.1 Å². The Hall–Kier alpha value is -2.82. The Morgan fingerprint density at radius 3 is 2.48 bits per heavy atom. The molecule has 174 valence electrons. The number of benzene rings is 2. The number of rotatable bonds is 3. The Labute approximate surface area is 195 Å². The van der Waals surface area contributed by atoms with Gasteiger partial charge in [-0.15, -0.1) is 10.2 Å². The molecule has 0 saturated carbocycles. The smallest absolute Gasteiger partial charge is 0.250 e. The predicted molar refractivity (Wildman–Crippen MR) is 121 cm³/mol. The van der Waals surface area contributed by atoms with E-state index in [2.05, 4.69) is 10.2 Å². The largest absolute Gasteiger partial charge is 0.420 e. The van der Waals surface area contributed by atoms with E-state index in [0.717, 1.165) is 6.07 Å². The summed E-state index contributed by atoms with van der Waals surface area (Å²) in [6, 6.07) is 7.53. The first-order valence-corrected chi connectivity index (χ1v) is 12.1. The van der Waals surface area contributed by atoms with Crippen LogP contribution in [0.4, 0.5) is 10.1 Å². The lowest BCUT2D eigenvalue weighted by atomic mass is 9.97. The highest BCUT2D eigenvalue weighted by Crippen LogP contribution is 2.37. The third kappa shape index (κ3) is 4.50. The number of halogens is 2. The van der Waals surface area contributed by atoms with Crippen LogP contribution in [0.5, 0.6) is 0 Å². The van der Waals surface area contributed by atoms with E-state index in [4.69, 9.17) is 21.8 Å². The first kappa shape index (κ1) is 23.3. The van der Waals surface area contributed by atoms with Crippen LogP contribution in [-0.2, 0) is 26.6 Å². The summed E-state index contributed by atoms with van der Waals surface area (Å²) in [5.74, 6) is -1.94. The van der Waals surface area contributed by atoms with E-state index in [9.17, 15) is 13.2 Å². The molecule has 3 aromatic rings. The maximum atomic E-state index is 15.1. The van der Waals surface area contributed by atoms with Crippen LogP contribution < -0.4 is 10.6 Å². The van der Waals surface area contributed by atoms with E-state index in [1.54, 1.807) is 24.3 Å². The molecule has 0 fully saturated rings.